The summed E-state index contributed by atoms with van der Waals surface area (Å²) in [5.74, 6) is -0.593. The van der Waals surface area contributed by atoms with Gasteiger partial charge in [-0.05, 0) is 47.7 Å². The second-order valence-corrected chi connectivity index (χ2v) is 9.18. The van der Waals surface area contributed by atoms with Crippen LogP contribution in [0.5, 0.6) is 0 Å². The van der Waals surface area contributed by atoms with Gasteiger partial charge >= 0.3 is 0 Å². The zero-order chi connectivity index (χ0) is 26.5. The van der Waals surface area contributed by atoms with Crippen molar-refractivity contribution in [1.29, 1.82) is 0 Å². The number of benzene rings is 3. The van der Waals surface area contributed by atoms with E-state index >= 15 is 0 Å². The van der Waals surface area contributed by atoms with Crippen molar-refractivity contribution < 1.29 is 14.4 Å². The molecule has 0 spiro atoms. The molecule has 3 aromatic rings. The Hall–Kier alpha value is -3.71. The summed E-state index contributed by atoms with van der Waals surface area (Å²) >= 11 is 0. The lowest BCUT2D eigenvalue weighted by atomic mass is 10.0. The first-order chi connectivity index (χ1) is 18.0. The van der Waals surface area contributed by atoms with Gasteiger partial charge in [-0.3, -0.25) is 14.4 Å². The van der Waals surface area contributed by atoms with Crippen molar-refractivity contribution >= 4 is 28.5 Å². The van der Waals surface area contributed by atoms with E-state index in [0.717, 1.165) is 34.9 Å². The molecule has 7 heteroatoms. The fraction of sp³-hybridized carbons (Fsp3) is 0.367. The minimum absolute atomic E-state index is 0.0625. The minimum atomic E-state index is -0.528. The molecule has 3 amide bonds. The number of amides is 3. The Bertz CT molecular complexity index is 1160. The molecule has 0 radical (unpaired) electrons. The predicted octanol–water partition coefficient (Wildman–Crippen LogP) is 3.55. The SMILES string of the molecule is CCCCN.O=C(CNC(=O)C1CCCN1C(=O)Cc1cccc2ccccc12)NCc1ccccc1. The maximum atomic E-state index is 13.0. The summed E-state index contributed by atoms with van der Waals surface area (Å²) in [6.45, 7) is 3.84. The summed E-state index contributed by atoms with van der Waals surface area (Å²) in [7, 11) is 0. The predicted molar refractivity (Wildman–Crippen MR) is 148 cm³/mol. The van der Waals surface area contributed by atoms with Crippen LogP contribution < -0.4 is 16.4 Å². The van der Waals surface area contributed by atoms with E-state index in [-0.39, 0.29) is 30.7 Å². The smallest absolute Gasteiger partial charge is 0.243 e. The molecule has 0 aromatic heterocycles. The fourth-order valence-corrected chi connectivity index (χ4v) is 4.40. The summed E-state index contributed by atoms with van der Waals surface area (Å²) in [5, 5.41) is 7.64. The van der Waals surface area contributed by atoms with Crippen molar-refractivity contribution in [2.75, 3.05) is 19.6 Å². The highest BCUT2D eigenvalue weighted by Gasteiger charge is 2.34. The lowest BCUT2D eigenvalue weighted by Gasteiger charge is -2.24. The molecule has 7 nitrogen and oxygen atoms in total. The van der Waals surface area contributed by atoms with Crippen LogP contribution in [0.4, 0.5) is 0 Å². The van der Waals surface area contributed by atoms with Crippen LogP contribution in [0.3, 0.4) is 0 Å². The third-order valence-electron chi connectivity index (χ3n) is 6.41. The molecule has 0 saturated carbocycles. The molecular formula is C30H38N4O3. The van der Waals surface area contributed by atoms with Gasteiger partial charge in [0.25, 0.3) is 0 Å². The molecule has 37 heavy (non-hydrogen) atoms. The molecule has 0 aliphatic carbocycles. The Kier molecular flexibility index (Phi) is 11.1. The van der Waals surface area contributed by atoms with Crippen LogP contribution in [0.1, 0.15) is 43.7 Å². The quantitative estimate of drug-likeness (QED) is 0.416. The second-order valence-electron chi connectivity index (χ2n) is 9.18. The highest BCUT2D eigenvalue weighted by atomic mass is 16.2. The van der Waals surface area contributed by atoms with Gasteiger partial charge in [-0.1, -0.05) is 86.1 Å². The van der Waals surface area contributed by atoms with Crippen molar-refractivity contribution in [3.05, 3.63) is 83.9 Å². The molecule has 1 atom stereocenters. The number of hydrogen-bond donors (Lipinski definition) is 3. The summed E-state index contributed by atoms with van der Waals surface area (Å²) in [6, 6.07) is 23.0. The number of rotatable bonds is 9. The van der Waals surface area contributed by atoms with Crippen molar-refractivity contribution in [3.63, 3.8) is 0 Å². The molecule has 1 heterocycles. The Morgan fingerprint density at radius 1 is 0.946 bits per heavy atom. The molecule has 4 rings (SSSR count). The molecular weight excluding hydrogens is 464 g/mol. The Labute approximate surface area is 219 Å². The van der Waals surface area contributed by atoms with E-state index in [0.29, 0.717) is 19.5 Å². The number of nitrogens with two attached hydrogens (primary N) is 1. The maximum Gasteiger partial charge on any atom is 0.243 e. The van der Waals surface area contributed by atoms with Crippen LogP contribution in [-0.2, 0) is 27.3 Å². The van der Waals surface area contributed by atoms with E-state index in [1.165, 1.54) is 12.8 Å². The van der Waals surface area contributed by atoms with Gasteiger partial charge in [0.1, 0.15) is 6.04 Å². The molecule has 3 aromatic carbocycles. The number of nitrogens with zero attached hydrogens (tertiary/aromatic N) is 1. The third-order valence-corrected chi connectivity index (χ3v) is 6.41. The zero-order valence-electron chi connectivity index (χ0n) is 21.6. The monoisotopic (exact) mass is 502 g/mol. The third kappa shape index (κ3) is 8.43. The lowest BCUT2D eigenvalue weighted by molar-refractivity contribution is -0.138. The lowest BCUT2D eigenvalue weighted by Crippen LogP contribution is -2.48. The second kappa shape index (κ2) is 14.8. The largest absolute Gasteiger partial charge is 0.350 e. The van der Waals surface area contributed by atoms with Gasteiger partial charge in [0.2, 0.25) is 17.7 Å². The van der Waals surface area contributed by atoms with Crippen molar-refractivity contribution in [2.24, 2.45) is 5.73 Å². The highest BCUT2D eigenvalue weighted by molar-refractivity contribution is 5.94. The molecule has 1 aliphatic rings. The van der Waals surface area contributed by atoms with E-state index in [9.17, 15) is 14.4 Å². The highest BCUT2D eigenvalue weighted by Crippen LogP contribution is 2.22. The Balaban J connectivity index is 0.000000695. The number of likely N-dealkylation sites (tertiary alicyclic amines) is 1. The van der Waals surface area contributed by atoms with E-state index in [1.807, 2.05) is 72.8 Å². The van der Waals surface area contributed by atoms with Gasteiger partial charge < -0.3 is 21.3 Å². The number of nitrogens with one attached hydrogen (secondary N) is 2. The Morgan fingerprint density at radius 2 is 1.68 bits per heavy atom. The first kappa shape index (κ1) is 27.9. The average molecular weight is 503 g/mol. The molecule has 1 aliphatic heterocycles. The summed E-state index contributed by atoms with van der Waals surface area (Å²) in [4.78, 5) is 39.5. The van der Waals surface area contributed by atoms with Crippen molar-refractivity contribution in [1.82, 2.24) is 15.5 Å². The van der Waals surface area contributed by atoms with E-state index in [1.54, 1.807) is 4.90 Å². The van der Waals surface area contributed by atoms with Crippen LogP contribution in [0.25, 0.3) is 10.8 Å². The maximum absolute atomic E-state index is 13.0. The van der Waals surface area contributed by atoms with E-state index < -0.39 is 6.04 Å². The number of fused-ring (bicyclic) bond motifs is 1. The zero-order valence-corrected chi connectivity index (χ0v) is 21.6. The normalized spacial score (nSPS) is 14.5. The Morgan fingerprint density at radius 3 is 2.41 bits per heavy atom. The number of carbonyl (C=O) groups excluding carboxylic acids is 3. The number of hydrogen-bond acceptors (Lipinski definition) is 4. The summed E-state index contributed by atoms with van der Waals surface area (Å²) < 4.78 is 0. The van der Waals surface area contributed by atoms with Gasteiger partial charge in [0.15, 0.2) is 0 Å². The van der Waals surface area contributed by atoms with E-state index in [2.05, 4.69) is 17.6 Å². The average Bonchev–Trinajstić information content (AvgIpc) is 3.43. The molecule has 1 saturated heterocycles. The van der Waals surface area contributed by atoms with Gasteiger partial charge in [-0.2, -0.15) is 0 Å². The van der Waals surface area contributed by atoms with Crippen LogP contribution in [0.2, 0.25) is 0 Å². The molecule has 1 unspecified atom stereocenters. The van der Waals surface area contributed by atoms with Gasteiger partial charge in [-0.25, -0.2) is 0 Å². The summed E-state index contributed by atoms with van der Waals surface area (Å²) in [5.41, 5.74) is 7.09. The van der Waals surface area contributed by atoms with Gasteiger partial charge in [-0.15, -0.1) is 0 Å². The fourth-order valence-electron chi connectivity index (χ4n) is 4.40. The van der Waals surface area contributed by atoms with Crippen LogP contribution in [-0.4, -0.2) is 48.3 Å². The number of carbonyl (C=O) groups is 3. The minimum Gasteiger partial charge on any atom is -0.350 e. The van der Waals surface area contributed by atoms with Gasteiger partial charge in [0, 0.05) is 13.1 Å². The van der Waals surface area contributed by atoms with Crippen molar-refractivity contribution in [3.8, 4) is 0 Å². The van der Waals surface area contributed by atoms with Crippen molar-refractivity contribution in [2.45, 2.75) is 51.6 Å². The first-order valence-corrected chi connectivity index (χ1v) is 13.1. The van der Waals surface area contributed by atoms with Crippen LogP contribution in [0, 0.1) is 0 Å². The summed E-state index contributed by atoms with van der Waals surface area (Å²) in [6.07, 6.45) is 4.03. The standard InChI is InChI=1S/C26H27N3O3.C4H11N/c30-24(27-17-19-8-2-1-3-9-19)18-28-26(32)23-14-7-15-29(23)25(31)16-21-12-6-11-20-10-4-5-13-22(20)21;1-2-3-4-5/h1-6,8-13,23H,7,14-18H2,(H,27,30)(H,28,32);2-5H2,1H3. The van der Waals surface area contributed by atoms with Gasteiger partial charge in [0.05, 0.1) is 13.0 Å². The number of unbranched alkanes of at least 4 members (excludes halogenated alkanes) is 1. The van der Waals surface area contributed by atoms with E-state index in [4.69, 9.17) is 5.73 Å². The molecule has 196 valence electrons. The molecule has 4 N–H and O–H groups in total. The van der Waals surface area contributed by atoms with Crippen LogP contribution >= 0.6 is 0 Å². The topological polar surface area (TPSA) is 105 Å². The molecule has 1 fully saturated rings. The van der Waals surface area contributed by atoms with Crippen LogP contribution in [0.15, 0.2) is 72.8 Å². The molecule has 0 bridgehead atoms. The first-order valence-electron chi connectivity index (χ1n) is 13.1.